The number of hydrogen-bond acceptors (Lipinski definition) is 3. The van der Waals surface area contributed by atoms with Crippen LogP contribution < -0.4 is 5.32 Å². The number of aryl methyl sites for hydroxylation is 1. The minimum atomic E-state index is -0.589. The largest absolute Gasteiger partial charge is 0.441 e. The van der Waals surface area contributed by atoms with E-state index in [1.807, 2.05) is 0 Å². The average molecular weight is 349 g/mol. The molecule has 0 aliphatic rings. The van der Waals surface area contributed by atoms with E-state index in [4.69, 9.17) is 4.42 Å². The molecule has 0 radical (unpaired) electrons. The molecule has 0 saturated carbocycles. The predicted molar refractivity (Wildman–Crippen MR) is 80.8 cm³/mol. The van der Waals surface area contributed by atoms with Gasteiger partial charge in [-0.3, -0.25) is 4.79 Å². The Kier molecular flexibility index (Phi) is 3.47. The number of benzene rings is 2. The van der Waals surface area contributed by atoms with Gasteiger partial charge in [0.2, 0.25) is 0 Å². The lowest BCUT2D eigenvalue weighted by Gasteiger charge is -2.06. The van der Waals surface area contributed by atoms with Crippen LogP contribution in [0.15, 0.2) is 45.3 Å². The van der Waals surface area contributed by atoms with E-state index in [2.05, 4.69) is 26.2 Å². The summed E-state index contributed by atoms with van der Waals surface area (Å²) in [5.74, 6) is -0.562. The average Bonchev–Trinajstić information content (AvgIpc) is 2.81. The Labute approximate surface area is 128 Å². The summed E-state index contributed by atoms with van der Waals surface area (Å²) in [6.45, 7) is 1.75. The zero-order valence-corrected chi connectivity index (χ0v) is 12.6. The molecule has 0 fully saturated rings. The van der Waals surface area contributed by atoms with Gasteiger partial charge in [0.1, 0.15) is 11.3 Å². The lowest BCUT2D eigenvalue weighted by atomic mass is 10.2. The van der Waals surface area contributed by atoms with Crippen molar-refractivity contribution < 1.29 is 13.6 Å². The third kappa shape index (κ3) is 2.67. The van der Waals surface area contributed by atoms with Gasteiger partial charge in [-0.05, 0) is 46.3 Å². The molecule has 0 aliphatic carbocycles. The molecule has 3 rings (SSSR count). The molecule has 0 aliphatic heterocycles. The Hall–Kier alpha value is -2.21. The van der Waals surface area contributed by atoms with Gasteiger partial charge >= 0.3 is 0 Å². The molecule has 0 spiro atoms. The van der Waals surface area contributed by atoms with Crippen LogP contribution in [0, 0.1) is 12.7 Å². The molecule has 3 aromatic rings. The van der Waals surface area contributed by atoms with E-state index in [1.165, 1.54) is 12.1 Å². The van der Waals surface area contributed by atoms with Crippen LogP contribution in [0.25, 0.3) is 11.1 Å². The Bertz CT molecular complexity index is 845. The number of aromatic nitrogens is 1. The first-order chi connectivity index (χ1) is 10.0. The fraction of sp³-hybridized carbons (Fsp3) is 0.0667. The number of halogens is 2. The van der Waals surface area contributed by atoms with Gasteiger partial charge in [0, 0.05) is 12.6 Å². The van der Waals surface area contributed by atoms with Crippen molar-refractivity contribution in [3.05, 3.63) is 58.1 Å². The third-order valence-corrected chi connectivity index (χ3v) is 3.56. The Morgan fingerprint density at radius 1 is 1.33 bits per heavy atom. The normalized spacial score (nSPS) is 10.8. The second-order valence-electron chi connectivity index (χ2n) is 4.47. The fourth-order valence-electron chi connectivity index (χ4n) is 2.00. The number of carbonyl (C=O) groups is 1. The number of oxazole rings is 1. The maximum Gasteiger partial charge on any atom is 0.258 e. The highest BCUT2D eigenvalue weighted by molar-refractivity contribution is 9.10. The van der Waals surface area contributed by atoms with E-state index in [9.17, 15) is 9.18 Å². The molecule has 0 saturated heterocycles. The smallest absolute Gasteiger partial charge is 0.258 e. The quantitative estimate of drug-likeness (QED) is 0.751. The summed E-state index contributed by atoms with van der Waals surface area (Å²) in [6.07, 6.45) is 0. The first kappa shape index (κ1) is 13.8. The van der Waals surface area contributed by atoms with Crippen LogP contribution in [0.5, 0.6) is 0 Å². The number of nitrogens with zero attached hydrogens (tertiary/aromatic N) is 1. The van der Waals surface area contributed by atoms with Crippen LogP contribution in [-0.4, -0.2) is 10.9 Å². The number of amides is 1. The molecule has 1 aromatic heterocycles. The zero-order valence-electron chi connectivity index (χ0n) is 11.0. The number of anilines is 1. The lowest BCUT2D eigenvalue weighted by Crippen LogP contribution is -2.13. The first-order valence-corrected chi connectivity index (χ1v) is 6.96. The predicted octanol–water partition coefficient (Wildman–Crippen LogP) is 4.29. The van der Waals surface area contributed by atoms with Crippen LogP contribution in [0.4, 0.5) is 10.1 Å². The van der Waals surface area contributed by atoms with Crippen LogP contribution in [0.3, 0.4) is 0 Å². The molecule has 6 heteroatoms. The number of nitrogens with one attached hydrogen (secondary N) is 1. The van der Waals surface area contributed by atoms with Gasteiger partial charge in [0.05, 0.1) is 10.0 Å². The maximum atomic E-state index is 13.9. The molecule has 1 amide bonds. The van der Waals surface area contributed by atoms with Crippen molar-refractivity contribution in [3.8, 4) is 0 Å². The van der Waals surface area contributed by atoms with Gasteiger partial charge < -0.3 is 9.73 Å². The van der Waals surface area contributed by atoms with Gasteiger partial charge in [-0.15, -0.1) is 0 Å². The van der Waals surface area contributed by atoms with E-state index in [1.54, 1.807) is 31.2 Å². The van der Waals surface area contributed by atoms with Crippen molar-refractivity contribution in [1.82, 2.24) is 4.98 Å². The second kappa shape index (κ2) is 5.29. The molecular formula is C15H10BrFN2O2. The van der Waals surface area contributed by atoms with Gasteiger partial charge in [-0.1, -0.05) is 6.07 Å². The van der Waals surface area contributed by atoms with E-state index in [0.717, 1.165) is 0 Å². The molecule has 0 bridgehead atoms. The van der Waals surface area contributed by atoms with E-state index >= 15 is 0 Å². The highest BCUT2D eigenvalue weighted by atomic mass is 79.9. The minimum Gasteiger partial charge on any atom is -0.441 e. The maximum absolute atomic E-state index is 13.9. The topological polar surface area (TPSA) is 55.1 Å². The monoisotopic (exact) mass is 348 g/mol. The van der Waals surface area contributed by atoms with E-state index < -0.39 is 11.7 Å². The summed E-state index contributed by atoms with van der Waals surface area (Å²) in [5, 5.41) is 2.65. The van der Waals surface area contributed by atoms with Gasteiger partial charge in [0.15, 0.2) is 11.5 Å². The van der Waals surface area contributed by atoms with Crippen molar-refractivity contribution in [2.75, 3.05) is 5.32 Å². The molecule has 0 atom stereocenters. The van der Waals surface area contributed by atoms with Crippen molar-refractivity contribution in [2.24, 2.45) is 0 Å². The number of rotatable bonds is 2. The zero-order chi connectivity index (χ0) is 15.0. The number of fused-ring (bicyclic) bond motifs is 1. The molecule has 21 heavy (non-hydrogen) atoms. The van der Waals surface area contributed by atoms with Crippen LogP contribution in [-0.2, 0) is 0 Å². The summed E-state index contributed by atoms with van der Waals surface area (Å²) >= 11 is 3.06. The Morgan fingerprint density at radius 3 is 2.95 bits per heavy atom. The fourth-order valence-corrected chi connectivity index (χ4v) is 2.36. The first-order valence-electron chi connectivity index (χ1n) is 6.17. The van der Waals surface area contributed by atoms with Crippen molar-refractivity contribution in [1.29, 1.82) is 0 Å². The SMILES string of the molecule is Cc1nc2cc(NC(=O)c3cccc(Br)c3F)ccc2o1. The van der Waals surface area contributed by atoms with Gasteiger partial charge in [-0.25, -0.2) is 9.37 Å². The highest BCUT2D eigenvalue weighted by Gasteiger charge is 2.14. The lowest BCUT2D eigenvalue weighted by molar-refractivity contribution is 0.102. The molecule has 2 aromatic carbocycles. The number of hydrogen-bond donors (Lipinski definition) is 1. The van der Waals surface area contributed by atoms with Crippen LogP contribution in [0.1, 0.15) is 16.2 Å². The summed E-state index contributed by atoms with van der Waals surface area (Å²) < 4.78 is 19.5. The van der Waals surface area contributed by atoms with E-state index in [0.29, 0.717) is 22.7 Å². The van der Waals surface area contributed by atoms with Gasteiger partial charge in [-0.2, -0.15) is 0 Å². The molecule has 4 nitrogen and oxygen atoms in total. The summed E-state index contributed by atoms with van der Waals surface area (Å²) in [7, 11) is 0. The summed E-state index contributed by atoms with van der Waals surface area (Å²) in [4.78, 5) is 16.3. The second-order valence-corrected chi connectivity index (χ2v) is 5.33. The molecule has 1 N–H and O–H groups in total. The van der Waals surface area contributed by atoms with Crippen LogP contribution >= 0.6 is 15.9 Å². The number of carbonyl (C=O) groups excluding carboxylic acids is 1. The van der Waals surface area contributed by atoms with Crippen molar-refractivity contribution in [3.63, 3.8) is 0 Å². The standard InChI is InChI=1S/C15H10BrFN2O2/c1-8-18-12-7-9(5-6-13(12)21-8)19-15(20)10-3-2-4-11(16)14(10)17/h2-7H,1H3,(H,19,20). The Balaban J connectivity index is 1.90. The van der Waals surface area contributed by atoms with Crippen molar-refractivity contribution >= 4 is 38.6 Å². The molecule has 0 unspecified atom stereocenters. The third-order valence-electron chi connectivity index (χ3n) is 2.95. The molecular weight excluding hydrogens is 339 g/mol. The van der Waals surface area contributed by atoms with Gasteiger partial charge in [0.25, 0.3) is 5.91 Å². The summed E-state index contributed by atoms with van der Waals surface area (Å²) in [6, 6.07) is 9.64. The Morgan fingerprint density at radius 2 is 2.14 bits per heavy atom. The minimum absolute atomic E-state index is 0.0270. The highest BCUT2D eigenvalue weighted by Crippen LogP contribution is 2.22. The van der Waals surface area contributed by atoms with E-state index in [-0.39, 0.29) is 10.0 Å². The van der Waals surface area contributed by atoms with Crippen LogP contribution in [0.2, 0.25) is 0 Å². The molecule has 106 valence electrons. The molecule has 1 heterocycles. The summed E-state index contributed by atoms with van der Waals surface area (Å²) in [5.41, 5.74) is 1.78. The van der Waals surface area contributed by atoms with Crippen molar-refractivity contribution in [2.45, 2.75) is 6.92 Å².